The van der Waals surface area contributed by atoms with E-state index in [9.17, 15) is 5.11 Å². The number of nitrogens with one attached hydrogen (secondary N) is 1. The van der Waals surface area contributed by atoms with Gasteiger partial charge in [-0.25, -0.2) is 0 Å². The third kappa shape index (κ3) is 2.68. The second-order valence-corrected chi connectivity index (χ2v) is 6.49. The number of likely N-dealkylation sites (tertiary alicyclic amines) is 1. The zero-order valence-electron chi connectivity index (χ0n) is 12.7. The van der Waals surface area contributed by atoms with Crippen LogP contribution in [0.1, 0.15) is 18.4 Å². The van der Waals surface area contributed by atoms with Crippen molar-refractivity contribution in [3.8, 4) is 0 Å². The Morgan fingerprint density at radius 3 is 2.73 bits per heavy atom. The Labute approximate surface area is 131 Å². The summed E-state index contributed by atoms with van der Waals surface area (Å²) < 4.78 is 11.8. The number of benzene rings is 1. The Bertz CT molecular complexity index is 490. The molecule has 120 valence electrons. The number of ether oxygens (including phenoxy) is 2. The lowest BCUT2D eigenvalue weighted by molar-refractivity contribution is -0.179. The van der Waals surface area contributed by atoms with Crippen molar-refractivity contribution in [2.75, 3.05) is 19.7 Å². The molecule has 5 nitrogen and oxygen atoms in total. The van der Waals surface area contributed by atoms with Gasteiger partial charge in [-0.2, -0.15) is 0 Å². The van der Waals surface area contributed by atoms with E-state index >= 15 is 0 Å². The zero-order valence-corrected chi connectivity index (χ0v) is 12.7. The van der Waals surface area contributed by atoms with Gasteiger partial charge >= 0.3 is 0 Å². The van der Waals surface area contributed by atoms with Crippen molar-refractivity contribution in [2.24, 2.45) is 0 Å². The number of fused-ring (bicyclic) bond motifs is 2. The fraction of sp³-hybridized carbons (Fsp3) is 0.647. The van der Waals surface area contributed by atoms with E-state index in [0.29, 0.717) is 6.61 Å². The van der Waals surface area contributed by atoms with Crippen molar-refractivity contribution >= 4 is 0 Å². The fourth-order valence-corrected chi connectivity index (χ4v) is 3.91. The molecule has 0 saturated carbocycles. The first-order chi connectivity index (χ1) is 10.8. The fourth-order valence-electron chi connectivity index (χ4n) is 3.91. The Kier molecular flexibility index (Phi) is 4.15. The van der Waals surface area contributed by atoms with Crippen LogP contribution in [0.15, 0.2) is 30.3 Å². The average molecular weight is 304 g/mol. The van der Waals surface area contributed by atoms with Crippen LogP contribution in [-0.4, -0.2) is 60.3 Å². The predicted octanol–water partition coefficient (Wildman–Crippen LogP) is 0.725. The van der Waals surface area contributed by atoms with E-state index in [2.05, 4.69) is 22.3 Å². The highest BCUT2D eigenvalue weighted by Crippen LogP contribution is 2.33. The summed E-state index contributed by atoms with van der Waals surface area (Å²) in [5.74, 6) is 0. The smallest absolute Gasteiger partial charge is 0.176 e. The van der Waals surface area contributed by atoms with Gasteiger partial charge in [0, 0.05) is 6.54 Å². The summed E-state index contributed by atoms with van der Waals surface area (Å²) in [5, 5.41) is 14.4. The van der Waals surface area contributed by atoms with Crippen molar-refractivity contribution in [2.45, 2.75) is 50.0 Å². The van der Waals surface area contributed by atoms with Gasteiger partial charge in [0.2, 0.25) is 0 Å². The highest BCUT2D eigenvalue weighted by atomic mass is 16.7. The molecule has 2 N–H and O–H groups in total. The minimum Gasteiger partial charge on any atom is -0.390 e. The Balaban J connectivity index is 1.46. The third-order valence-corrected chi connectivity index (χ3v) is 5.08. The molecule has 0 aliphatic carbocycles. The largest absolute Gasteiger partial charge is 0.390 e. The SMILES string of the molecule is OC1C(NCc2ccccc2)C2COC(O2)C1N1CCCC1. The van der Waals surface area contributed by atoms with Crippen LogP contribution >= 0.6 is 0 Å². The molecule has 1 aromatic carbocycles. The molecule has 5 heteroatoms. The molecule has 5 unspecified atom stereocenters. The maximum Gasteiger partial charge on any atom is 0.176 e. The number of hydrogen-bond acceptors (Lipinski definition) is 5. The minimum absolute atomic E-state index is 0.0467. The average Bonchev–Trinajstić information content (AvgIpc) is 3.20. The monoisotopic (exact) mass is 304 g/mol. The Hall–Kier alpha value is -0.980. The standard InChI is InChI=1S/C17H24N2O3/c20-16-14(18-10-12-6-2-1-3-7-12)13-11-21-17(22-13)15(16)19-8-4-5-9-19/h1-3,6-7,13-18,20H,4-5,8-11H2. The van der Waals surface area contributed by atoms with Crippen LogP contribution in [0.3, 0.4) is 0 Å². The molecule has 5 atom stereocenters. The van der Waals surface area contributed by atoms with Crippen molar-refractivity contribution in [1.29, 1.82) is 0 Å². The van der Waals surface area contributed by atoms with E-state index in [1.54, 1.807) is 0 Å². The minimum atomic E-state index is -0.451. The van der Waals surface area contributed by atoms with Gasteiger partial charge in [0.1, 0.15) is 6.10 Å². The lowest BCUT2D eigenvalue weighted by Crippen LogP contribution is -2.63. The van der Waals surface area contributed by atoms with Gasteiger partial charge in [0.25, 0.3) is 0 Å². The normalized spacial score (nSPS) is 38.5. The first kappa shape index (κ1) is 14.6. The molecule has 4 rings (SSSR count). The van der Waals surface area contributed by atoms with E-state index in [0.717, 1.165) is 19.6 Å². The molecule has 1 aromatic rings. The number of aliphatic hydroxyl groups is 1. The second-order valence-electron chi connectivity index (χ2n) is 6.49. The van der Waals surface area contributed by atoms with Crippen LogP contribution in [0, 0.1) is 0 Å². The molecule has 2 bridgehead atoms. The zero-order chi connectivity index (χ0) is 14.9. The van der Waals surface area contributed by atoms with Gasteiger partial charge in [0.05, 0.1) is 24.8 Å². The summed E-state index contributed by atoms with van der Waals surface area (Å²) in [4.78, 5) is 2.33. The van der Waals surface area contributed by atoms with Crippen LogP contribution in [0.2, 0.25) is 0 Å². The van der Waals surface area contributed by atoms with E-state index < -0.39 is 6.10 Å². The van der Waals surface area contributed by atoms with Gasteiger partial charge in [-0.05, 0) is 31.5 Å². The van der Waals surface area contributed by atoms with Crippen LogP contribution in [0.25, 0.3) is 0 Å². The van der Waals surface area contributed by atoms with E-state index in [4.69, 9.17) is 9.47 Å². The summed E-state index contributed by atoms with van der Waals surface area (Å²) in [5.41, 5.74) is 1.22. The third-order valence-electron chi connectivity index (χ3n) is 5.08. The summed E-state index contributed by atoms with van der Waals surface area (Å²) in [6.45, 7) is 3.36. The highest BCUT2D eigenvalue weighted by molar-refractivity contribution is 5.15. The summed E-state index contributed by atoms with van der Waals surface area (Å²) in [6, 6.07) is 10.1. The summed E-state index contributed by atoms with van der Waals surface area (Å²) >= 11 is 0. The van der Waals surface area contributed by atoms with Gasteiger partial charge in [-0.15, -0.1) is 0 Å². The molecule has 3 saturated heterocycles. The molecule has 0 aromatic heterocycles. The van der Waals surface area contributed by atoms with Gasteiger partial charge in [-0.3, -0.25) is 4.90 Å². The second kappa shape index (κ2) is 6.26. The van der Waals surface area contributed by atoms with Crippen molar-refractivity contribution in [3.05, 3.63) is 35.9 Å². The maximum absolute atomic E-state index is 10.9. The van der Waals surface area contributed by atoms with Crippen molar-refractivity contribution in [1.82, 2.24) is 10.2 Å². The summed E-state index contributed by atoms with van der Waals surface area (Å²) in [6.07, 6.45) is 1.62. The van der Waals surface area contributed by atoms with Crippen molar-refractivity contribution in [3.63, 3.8) is 0 Å². The molecule has 0 amide bonds. The Morgan fingerprint density at radius 2 is 1.95 bits per heavy atom. The van der Waals surface area contributed by atoms with Crippen LogP contribution in [-0.2, 0) is 16.0 Å². The van der Waals surface area contributed by atoms with Gasteiger partial charge in [0.15, 0.2) is 6.29 Å². The molecule has 0 radical (unpaired) electrons. The molecular weight excluding hydrogens is 280 g/mol. The van der Waals surface area contributed by atoms with Gasteiger partial charge in [-0.1, -0.05) is 30.3 Å². The topological polar surface area (TPSA) is 54.0 Å². The molecule has 3 aliphatic rings. The first-order valence-corrected chi connectivity index (χ1v) is 8.29. The van der Waals surface area contributed by atoms with Crippen LogP contribution in [0.4, 0.5) is 0 Å². The van der Waals surface area contributed by atoms with Crippen LogP contribution < -0.4 is 5.32 Å². The van der Waals surface area contributed by atoms with Crippen molar-refractivity contribution < 1.29 is 14.6 Å². The number of hydrogen-bond donors (Lipinski definition) is 2. The predicted molar refractivity (Wildman–Crippen MR) is 82.3 cm³/mol. The first-order valence-electron chi connectivity index (χ1n) is 8.29. The number of aliphatic hydroxyl groups excluding tert-OH is 1. The molecule has 22 heavy (non-hydrogen) atoms. The lowest BCUT2D eigenvalue weighted by atomic mass is 9.95. The van der Waals surface area contributed by atoms with Gasteiger partial charge < -0.3 is 19.9 Å². The summed E-state index contributed by atoms with van der Waals surface area (Å²) in [7, 11) is 0. The van der Waals surface area contributed by atoms with E-state index in [1.165, 1.54) is 18.4 Å². The maximum atomic E-state index is 10.9. The van der Waals surface area contributed by atoms with E-state index in [-0.39, 0.29) is 24.5 Å². The van der Waals surface area contributed by atoms with E-state index in [1.807, 2.05) is 18.2 Å². The molecular formula is C17H24N2O3. The quantitative estimate of drug-likeness (QED) is 0.859. The molecule has 3 heterocycles. The molecule has 3 aliphatic heterocycles. The molecule has 3 fully saturated rings. The number of rotatable bonds is 4. The molecule has 0 spiro atoms. The highest BCUT2D eigenvalue weighted by Gasteiger charge is 2.52. The number of nitrogens with zero attached hydrogens (tertiary/aromatic N) is 1. The lowest BCUT2D eigenvalue weighted by Gasteiger charge is -2.42. The van der Waals surface area contributed by atoms with Crippen LogP contribution in [0.5, 0.6) is 0 Å². The Morgan fingerprint density at radius 1 is 1.18 bits per heavy atom.